The van der Waals surface area contributed by atoms with Crippen molar-refractivity contribution in [3.8, 4) is 11.5 Å². The van der Waals surface area contributed by atoms with Gasteiger partial charge in [-0.2, -0.15) is 0 Å². The second kappa shape index (κ2) is 4.98. The molecule has 1 heterocycles. The van der Waals surface area contributed by atoms with E-state index in [1.54, 1.807) is 13.2 Å². The van der Waals surface area contributed by atoms with Crippen LogP contribution in [0.4, 0.5) is 0 Å². The number of carboxylic acid groups (broad SMARTS) is 1. The van der Waals surface area contributed by atoms with Crippen LogP contribution in [-0.4, -0.2) is 37.5 Å². The minimum Gasteiger partial charge on any atom is -0.493 e. The van der Waals surface area contributed by atoms with Crippen molar-refractivity contribution in [3.05, 3.63) is 23.8 Å². The average molecular weight is 278 g/mol. The predicted molar refractivity (Wildman–Crippen MR) is 71.4 cm³/mol. The summed E-state index contributed by atoms with van der Waals surface area (Å²) in [5.74, 6) is 0.471. The molecule has 20 heavy (non-hydrogen) atoms. The van der Waals surface area contributed by atoms with Crippen LogP contribution in [0.3, 0.4) is 0 Å². The fourth-order valence-corrected chi connectivity index (χ4v) is 2.68. The molecule has 0 atom stereocenters. The maximum Gasteiger partial charge on any atom is 0.314 e. The predicted octanol–water partition coefficient (Wildman–Crippen LogP) is 1.98. The molecule has 0 radical (unpaired) electrons. The summed E-state index contributed by atoms with van der Waals surface area (Å²) in [6.45, 7) is 1.13. The fourth-order valence-electron chi connectivity index (χ4n) is 2.68. The average Bonchev–Trinajstić information content (AvgIpc) is 2.32. The van der Waals surface area contributed by atoms with Crippen molar-refractivity contribution >= 4 is 5.97 Å². The number of hydrogen-bond acceptors (Lipinski definition) is 4. The van der Waals surface area contributed by atoms with Gasteiger partial charge in [-0.15, -0.1) is 0 Å². The van der Waals surface area contributed by atoms with E-state index in [0.717, 1.165) is 12.0 Å². The second-order valence-corrected chi connectivity index (χ2v) is 5.38. The second-order valence-electron chi connectivity index (χ2n) is 5.38. The van der Waals surface area contributed by atoms with Crippen molar-refractivity contribution in [1.82, 2.24) is 0 Å². The Balaban J connectivity index is 1.91. The zero-order valence-electron chi connectivity index (χ0n) is 11.4. The standard InChI is InChI=1S/C15H18O5/c1-18-12-4-3-10(15(14(16)17)5-2-6-15)7-13(12)20-11-8-19-9-11/h3-4,7,11H,2,5-6,8-9H2,1H3,(H,16,17). The third-order valence-corrected chi connectivity index (χ3v) is 4.23. The highest BCUT2D eigenvalue weighted by Crippen LogP contribution is 2.46. The first-order valence-electron chi connectivity index (χ1n) is 6.82. The molecule has 1 aromatic carbocycles. The molecule has 1 aliphatic heterocycles. The van der Waals surface area contributed by atoms with Crippen LogP contribution in [0.5, 0.6) is 11.5 Å². The minimum atomic E-state index is -0.758. The van der Waals surface area contributed by atoms with Crippen molar-refractivity contribution in [2.45, 2.75) is 30.8 Å². The Kier molecular flexibility index (Phi) is 3.30. The first kappa shape index (κ1) is 13.2. The van der Waals surface area contributed by atoms with Crippen LogP contribution in [-0.2, 0) is 14.9 Å². The molecular formula is C15H18O5. The molecule has 2 fully saturated rings. The van der Waals surface area contributed by atoms with E-state index in [4.69, 9.17) is 14.2 Å². The number of rotatable bonds is 5. The van der Waals surface area contributed by atoms with Gasteiger partial charge < -0.3 is 19.3 Å². The quantitative estimate of drug-likeness (QED) is 0.892. The van der Waals surface area contributed by atoms with E-state index < -0.39 is 11.4 Å². The summed E-state index contributed by atoms with van der Waals surface area (Å²) in [5, 5.41) is 9.50. The highest BCUT2D eigenvalue weighted by Gasteiger charge is 2.46. The number of methoxy groups -OCH3 is 1. The Labute approximate surface area is 117 Å². The maximum absolute atomic E-state index is 11.6. The van der Waals surface area contributed by atoms with E-state index in [0.29, 0.717) is 37.6 Å². The lowest BCUT2D eigenvalue weighted by molar-refractivity contribution is -0.147. The van der Waals surface area contributed by atoms with E-state index in [2.05, 4.69) is 0 Å². The van der Waals surface area contributed by atoms with Gasteiger partial charge in [-0.25, -0.2) is 0 Å². The largest absolute Gasteiger partial charge is 0.493 e. The summed E-state index contributed by atoms with van der Waals surface area (Å²) < 4.78 is 16.2. The molecule has 3 rings (SSSR count). The molecule has 0 spiro atoms. The van der Waals surface area contributed by atoms with Crippen LogP contribution in [0, 0.1) is 0 Å². The van der Waals surface area contributed by atoms with E-state index in [1.165, 1.54) is 0 Å². The lowest BCUT2D eigenvalue weighted by atomic mass is 9.64. The number of carbonyl (C=O) groups is 1. The summed E-state index contributed by atoms with van der Waals surface area (Å²) in [5.41, 5.74) is 0.0489. The number of hydrogen-bond donors (Lipinski definition) is 1. The molecular weight excluding hydrogens is 260 g/mol. The van der Waals surface area contributed by atoms with E-state index >= 15 is 0 Å². The van der Waals surface area contributed by atoms with Gasteiger partial charge in [-0.1, -0.05) is 12.5 Å². The Morgan fingerprint density at radius 3 is 2.55 bits per heavy atom. The summed E-state index contributed by atoms with van der Waals surface area (Å²) >= 11 is 0. The third kappa shape index (κ3) is 2.02. The summed E-state index contributed by atoms with van der Waals surface area (Å²) in [6.07, 6.45) is 2.34. The van der Waals surface area contributed by atoms with Gasteiger partial charge >= 0.3 is 5.97 Å². The van der Waals surface area contributed by atoms with E-state index in [1.807, 2.05) is 12.1 Å². The van der Waals surface area contributed by atoms with Gasteiger partial charge in [-0.05, 0) is 30.5 Å². The van der Waals surface area contributed by atoms with Crippen molar-refractivity contribution < 1.29 is 24.1 Å². The smallest absolute Gasteiger partial charge is 0.314 e. The highest BCUT2D eigenvalue weighted by atomic mass is 16.6. The Bertz CT molecular complexity index is 517. The van der Waals surface area contributed by atoms with E-state index in [9.17, 15) is 9.90 Å². The van der Waals surface area contributed by atoms with Gasteiger partial charge in [0.25, 0.3) is 0 Å². The van der Waals surface area contributed by atoms with Gasteiger partial charge in [-0.3, -0.25) is 4.79 Å². The number of aliphatic carboxylic acids is 1. The Morgan fingerprint density at radius 2 is 2.10 bits per heavy atom. The zero-order chi connectivity index (χ0) is 14.2. The van der Waals surface area contributed by atoms with Crippen LogP contribution >= 0.6 is 0 Å². The van der Waals surface area contributed by atoms with Crippen molar-refractivity contribution in [3.63, 3.8) is 0 Å². The van der Waals surface area contributed by atoms with Gasteiger partial charge in [0.05, 0.1) is 25.7 Å². The maximum atomic E-state index is 11.6. The molecule has 1 N–H and O–H groups in total. The normalized spacial score (nSPS) is 20.6. The van der Waals surface area contributed by atoms with Gasteiger partial charge in [0.1, 0.15) is 6.10 Å². The van der Waals surface area contributed by atoms with Crippen molar-refractivity contribution in [2.24, 2.45) is 0 Å². The SMILES string of the molecule is COc1ccc(C2(C(=O)O)CCC2)cc1OC1COC1. The molecule has 5 heteroatoms. The summed E-state index contributed by atoms with van der Waals surface area (Å²) in [7, 11) is 1.58. The highest BCUT2D eigenvalue weighted by molar-refractivity contribution is 5.83. The van der Waals surface area contributed by atoms with Gasteiger partial charge in [0.2, 0.25) is 0 Å². The monoisotopic (exact) mass is 278 g/mol. The van der Waals surface area contributed by atoms with Crippen LogP contribution in [0.15, 0.2) is 18.2 Å². The number of ether oxygens (including phenoxy) is 3. The Morgan fingerprint density at radius 1 is 1.35 bits per heavy atom. The summed E-state index contributed by atoms with van der Waals surface area (Å²) in [6, 6.07) is 5.42. The minimum absolute atomic E-state index is 0.0290. The van der Waals surface area contributed by atoms with E-state index in [-0.39, 0.29) is 6.10 Å². The molecule has 0 aromatic heterocycles. The first-order chi connectivity index (χ1) is 9.65. The Hall–Kier alpha value is -1.75. The van der Waals surface area contributed by atoms with Crippen LogP contribution in [0.1, 0.15) is 24.8 Å². The first-order valence-corrected chi connectivity index (χ1v) is 6.82. The molecule has 2 aliphatic rings. The van der Waals surface area contributed by atoms with Crippen LogP contribution < -0.4 is 9.47 Å². The van der Waals surface area contributed by atoms with Crippen molar-refractivity contribution in [2.75, 3.05) is 20.3 Å². The topological polar surface area (TPSA) is 65.0 Å². The zero-order valence-corrected chi connectivity index (χ0v) is 11.4. The molecule has 0 amide bonds. The van der Waals surface area contributed by atoms with Crippen molar-refractivity contribution in [1.29, 1.82) is 0 Å². The molecule has 1 saturated carbocycles. The fraction of sp³-hybridized carbons (Fsp3) is 0.533. The lowest BCUT2D eigenvalue weighted by Crippen LogP contribution is -2.42. The third-order valence-electron chi connectivity index (χ3n) is 4.23. The summed E-state index contributed by atoms with van der Waals surface area (Å²) in [4.78, 5) is 11.6. The molecule has 1 aliphatic carbocycles. The van der Waals surface area contributed by atoms with Gasteiger partial charge in [0.15, 0.2) is 11.5 Å². The molecule has 1 aromatic rings. The molecule has 5 nitrogen and oxygen atoms in total. The van der Waals surface area contributed by atoms with Gasteiger partial charge in [0, 0.05) is 0 Å². The molecule has 108 valence electrons. The number of carboxylic acids is 1. The number of benzene rings is 1. The molecule has 0 bridgehead atoms. The van der Waals surface area contributed by atoms with Crippen LogP contribution in [0.2, 0.25) is 0 Å². The molecule has 1 saturated heterocycles. The lowest BCUT2D eigenvalue weighted by Gasteiger charge is -2.38. The molecule has 0 unspecified atom stereocenters. The van der Waals surface area contributed by atoms with Crippen LogP contribution in [0.25, 0.3) is 0 Å².